The first-order valence-corrected chi connectivity index (χ1v) is 7.42. The number of hydrogen-bond acceptors (Lipinski definition) is 7. The van der Waals surface area contributed by atoms with Gasteiger partial charge in [0.1, 0.15) is 12.2 Å². The number of fused-ring (bicyclic) bond motifs is 1. The minimum absolute atomic E-state index is 0.307. The molecule has 2 fully saturated rings. The Labute approximate surface area is 106 Å². The molecule has 0 aromatic rings. The molecule has 0 saturated carbocycles. The summed E-state index contributed by atoms with van der Waals surface area (Å²) in [5.74, 6) is -0.799. The van der Waals surface area contributed by atoms with Gasteiger partial charge in [-0.05, 0) is 13.8 Å². The van der Waals surface area contributed by atoms with E-state index in [0.717, 1.165) is 6.26 Å². The molecule has 0 aliphatic carbocycles. The van der Waals surface area contributed by atoms with Crippen molar-refractivity contribution in [1.29, 1.82) is 0 Å². The second-order valence-electron chi connectivity index (χ2n) is 4.84. The van der Waals surface area contributed by atoms with Crippen LogP contribution in [0.15, 0.2) is 0 Å². The second kappa shape index (κ2) is 4.69. The van der Waals surface area contributed by atoms with Gasteiger partial charge in [0.05, 0.1) is 12.9 Å². The van der Waals surface area contributed by atoms with E-state index < -0.39 is 40.5 Å². The lowest BCUT2D eigenvalue weighted by atomic mass is 10.1. The van der Waals surface area contributed by atoms with Crippen LogP contribution in [-0.2, 0) is 33.2 Å². The van der Waals surface area contributed by atoms with E-state index in [1.165, 1.54) is 7.11 Å². The van der Waals surface area contributed by atoms with Crippen molar-refractivity contribution in [2.45, 2.75) is 44.2 Å². The Hall–Kier alpha value is -0.250. The van der Waals surface area contributed by atoms with Crippen LogP contribution in [0.1, 0.15) is 13.8 Å². The third kappa shape index (κ3) is 3.01. The van der Waals surface area contributed by atoms with Gasteiger partial charge in [0.25, 0.3) is 10.1 Å². The van der Waals surface area contributed by atoms with E-state index in [1.54, 1.807) is 13.8 Å². The van der Waals surface area contributed by atoms with Gasteiger partial charge in [-0.3, -0.25) is 4.18 Å². The summed E-state index contributed by atoms with van der Waals surface area (Å²) in [6, 6.07) is 0. The molecule has 0 aromatic carbocycles. The topological polar surface area (TPSA) is 80.3 Å². The maximum atomic E-state index is 11.3. The number of rotatable bonds is 3. The average Bonchev–Trinajstić information content (AvgIpc) is 2.53. The first kappa shape index (κ1) is 14.2. The first-order chi connectivity index (χ1) is 8.22. The predicted molar refractivity (Wildman–Crippen MR) is 60.3 cm³/mol. The Balaban J connectivity index is 2.18. The molecule has 0 spiro atoms. The summed E-state index contributed by atoms with van der Waals surface area (Å²) < 4.78 is 49.2. The van der Waals surface area contributed by atoms with Gasteiger partial charge >= 0.3 is 0 Å². The predicted octanol–water partition coefficient (Wildman–Crippen LogP) is -0.146. The van der Waals surface area contributed by atoms with E-state index in [1.807, 2.05) is 0 Å². The lowest BCUT2D eigenvalue weighted by molar-refractivity contribution is -0.299. The van der Waals surface area contributed by atoms with Crippen molar-refractivity contribution in [3.05, 3.63) is 0 Å². The summed E-state index contributed by atoms with van der Waals surface area (Å²) in [6.07, 6.45) is -1.55. The monoisotopic (exact) mass is 282 g/mol. The molecule has 2 rings (SSSR count). The van der Waals surface area contributed by atoms with Crippen molar-refractivity contribution in [3.8, 4) is 0 Å². The minimum atomic E-state index is -3.62. The SMILES string of the molecule is CO[C@@H]1O[C@@H]2COC(C)(C)O[C@@H]2[C@H]1OS(C)(=O)=O. The van der Waals surface area contributed by atoms with Gasteiger partial charge < -0.3 is 18.9 Å². The molecule has 0 amide bonds. The van der Waals surface area contributed by atoms with Crippen LogP contribution < -0.4 is 0 Å². The van der Waals surface area contributed by atoms with E-state index in [-0.39, 0.29) is 0 Å². The fourth-order valence-electron chi connectivity index (χ4n) is 2.11. The molecule has 0 bridgehead atoms. The van der Waals surface area contributed by atoms with Crippen molar-refractivity contribution in [2.24, 2.45) is 0 Å². The Morgan fingerprint density at radius 3 is 2.56 bits per heavy atom. The van der Waals surface area contributed by atoms with Crippen LogP contribution in [0.25, 0.3) is 0 Å². The number of hydrogen-bond donors (Lipinski definition) is 0. The minimum Gasteiger partial charge on any atom is -0.353 e. The Kier molecular flexibility index (Phi) is 3.69. The zero-order valence-electron chi connectivity index (χ0n) is 10.8. The van der Waals surface area contributed by atoms with Gasteiger partial charge in [0.2, 0.25) is 0 Å². The molecule has 2 aliphatic rings. The average molecular weight is 282 g/mol. The van der Waals surface area contributed by atoms with Gasteiger partial charge in [-0.25, -0.2) is 0 Å². The second-order valence-corrected chi connectivity index (χ2v) is 6.44. The molecule has 106 valence electrons. The van der Waals surface area contributed by atoms with Crippen molar-refractivity contribution in [3.63, 3.8) is 0 Å². The normalized spacial score (nSPS) is 39.6. The molecule has 8 heteroatoms. The molecule has 0 N–H and O–H groups in total. The lowest BCUT2D eigenvalue weighted by Crippen LogP contribution is -2.51. The lowest BCUT2D eigenvalue weighted by Gasteiger charge is -2.38. The van der Waals surface area contributed by atoms with E-state index in [9.17, 15) is 8.42 Å². The smallest absolute Gasteiger partial charge is 0.264 e. The molecule has 7 nitrogen and oxygen atoms in total. The van der Waals surface area contributed by atoms with Crippen LogP contribution in [0, 0.1) is 0 Å². The maximum absolute atomic E-state index is 11.3. The van der Waals surface area contributed by atoms with Crippen LogP contribution in [0.3, 0.4) is 0 Å². The molecule has 0 unspecified atom stereocenters. The van der Waals surface area contributed by atoms with Crippen LogP contribution in [-0.4, -0.2) is 58.8 Å². The zero-order chi connectivity index (χ0) is 13.6. The fraction of sp³-hybridized carbons (Fsp3) is 1.00. The van der Waals surface area contributed by atoms with Crippen molar-refractivity contribution in [2.75, 3.05) is 20.0 Å². The molecule has 0 aromatic heterocycles. The molecule has 0 radical (unpaired) electrons. The Morgan fingerprint density at radius 2 is 2.00 bits per heavy atom. The van der Waals surface area contributed by atoms with Crippen molar-refractivity contribution in [1.82, 2.24) is 0 Å². The highest BCUT2D eigenvalue weighted by Gasteiger charge is 2.53. The van der Waals surface area contributed by atoms with Crippen LogP contribution in [0.4, 0.5) is 0 Å². The van der Waals surface area contributed by atoms with E-state index >= 15 is 0 Å². The molecule has 4 atom stereocenters. The Bertz CT molecular complexity index is 404. The van der Waals surface area contributed by atoms with Gasteiger partial charge in [0.15, 0.2) is 18.2 Å². The number of methoxy groups -OCH3 is 1. The highest BCUT2D eigenvalue weighted by Crippen LogP contribution is 2.35. The van der Waals surface area contributed by atoms with Gasteiger partial charge in [-0.15, -0.1) is 0 Å². The summed E-state index contributed by atoms with van der Waals surface area (Å²) >= 11 is 0. The summed E-state index contributed by atoms with van der Waals surface area (Å²) in [5, 5.41) is 0. The van der Waals surface area contributed by atoms with Gasteiger partial charge in [0, 0.05) is 7.11 Å². The van der Waals surface area contributed by atoms with Crippen molar-refractivity contribution >= 4 is 10.1 Å². The molecular formula is C10H18O7S. The summed E-state index contributed by atoms with van der Waals surface area (Å²) in [7, 11) is -2.20. The third-order valence-corrected chi connectivity index (χ3v) is 3.37. The van der Waals surface area contributed by atoms with Crippen LogP contribution >= 0.6 is 0 Å². The van der Waals surface area contributed by atoms with Gasteiger partial charge in [-0.2, -0.15) is 8.42 Å². The standard InChI is InChI=1S/C10H18O7S/c1-10(2)14-5-6-7(16-10)8(9(13-3)15-6)17-18(4,11)12/h6-9H,5H2,1-4H3/t6-,7+,8-,9-/m1/s1. The summed E-state index contributed by atoms with van der Waals surface area (Å²) in [5.41, 5.74) is 0. The highest BCUT2D eigenvalue weighted by molar-refractivity contribution is 7.86. The molecular weight excluding hydrogens is 264 g/mol. The summed E-state index contributed by atoms with van der Waals surface area (Å²) in [6.45, 7) is 3.81. The Morgan fingerprint density at radius 1 is 1.33 bits per heavy atom. The highest BCUT2D eigenvalue weighted by atomic mass is 32.2. The van der Waals surface area contributed by atoms with Crippen LogP contribution in [0.2, 0.25) is 0 Å². The molecule has 2 saturated heterocycles. The fourth-order valence-corrected chi connectivity index (χ4v) is 2.71. The maximum Gasteiger partial charge on any atom is 0.264 e. The summed E-state index contributed by atoms with van der Waals surface area (Å²) in [4.78, 5) is 0. The number of ether oxygens (including phenoxy) is 4. The van der Waals surface area contributed by atoms with E-state index in [0.29, 0.717) is 6.61 Å². The third-order valence-electron chi connectivity index (χ3n) is 2.80. The van der Waals surface area contributed by atoms with Crippen LogP contribution in [0.5, 0.6) is 0 Å². The first-order valence-electron chi connectivity index (χ1n) is 5.60. The zero-order valence-corrected chi connectivity index (χ0v) is 11.6. The van der Waals surface area contributed by atoms with E-state index in [4.69, 9.17) is 23.1 Å². The van der Waals surface area contributed by atoms with Crippen molar-refractivity contribution < 1.29 is 31.5 Å². The quantitative estimate of drug-likeness (QED) is 0.666. The molecule has 2 aliphatic heterocycles. The largest absolute Gasteiger partial charge is 0.353 e. The van der Waals surface area contributed by atoms with E-state index in [2.05, 4.69) is 0 Å². The molecule has 18 heavy (non-hydrogen) atoms. The molecule has 2 heterocycles. The van der Waals surface area contributed by atoms with Gasteiger partial charge in [-0.1, -0.05) is 0 Å².